The largest absolute Gasteiger partial charge is 0.409 e. The zero-order valence-electron chi connectivity index (χ0n) is 10.7. The lowest BCUT2D eigenvalue weighted by atomic mass is 10.1. The van der Waals surface area contributed by atoms with Crippen LogP contribution in [0.3, 0.4) is 0 Å². The summed E-state index contributed by atoms with van der Waals surface area (Å²) < 4.78 is 10.1. The van der Waals surface area contributed by atoms with Crippen molar-refractivity contribution < 1.29 is 19.1 Å². The molecule has 0 bridgehead atoms. The van der Waals surface area contributed by atoms with Crippen LogP contribution in [0.1, 0.15) is 51.4 Å². The summed E-state index contributed by atoms with van der Waals surface area (Å²) in [5, 5.41) is 0. The van der Waals surface area contributed by atoms with E-state index >= 15 is 0 Å². The van der Waals surface area contributed by atoms with Gasteiger partial charge in [0.2, 0.25) is 0 Å². The maximum absolute atomic E-state index is 11.5. The van der Waals surface area contributed by atoms with Crippen LogP contribution in [-0.2, 0) is 19.1 Å². The number of ether oxygens (including phenoxy) is 2. The van der Waals surface area contributed by atoms with Crippen LogP contribution in [0.5, 0.6) is 0 Å². The molecule has 0 amide bonds. The molecule has 0 aromatic heterocycles. The molecule has 18 heavy (non-hydrogen) atoms. The minimum Gasteiger partial charge on any atom is -0.409 e. The predicted molar refractivity (Wildman–Crippen MR) is 65.1 cm³/mol. The van der Waals surface area contributed by atoms with E-state index in [2.05, 4.69) is 0 Å². The topological polar surface area (TPSA) is 105 Å². The van der Waals surface area contributed by atoms with E-state index in [0.29, 0.717) is 32.2 Å². The Morgan fingerprint density at radius 2 is 1.56 bits per heavy atom. The van der Waals surface area contributed by atoms with Gasteiger partial charge in [-0.05, 0) is 32.2 Å². The van der Waals surface area contributed by atoms with Gasteiger partial charge in [0, 0.05) is 19.3 Å². The number of nitrogens with two attached hydrogens (primary N) is 2. The summed E-state index contributed by atoms with van der Waals surface area (Å²) >= 11 is 0. The summed E-state index contributed by atoms with van der Waals surface area (Å²) in [4.78, 5) is 23.0. The minimum absolute atomic E-state index is 0.276. The highest BCUT2D eigenvalue weighted by Gasteiger charge is 2.34. The van der Waals surface area contributed by atoms with Gasteiger partial charge in [0.1, 0.15) is 0 Å². The molecule has 1 aliphatic heterocycles. The fourth-order valence-corrected chi connectivity index (χ4v) is 1.84. The number of rotatable bonds is 5. The SMILES string of the molecule is NCCCCCC1(N)OC(=O)CCCCC(=O)O1. The first kappa shape index (κ1) is 14.9. The van der Waals surface area contributed by atoms with Crippen molar-refractivity contribution >= 4 is 11.9 Å². The molecule has 4 N–H and O–H groups in total. The molecular formula is C12H22N2O4. The second-order valence-corrected chi connectivity index (χ2v) is 4.57. The number of hydrogen-bond acceptors (Lipinski definition) is 6. The van der Waals surface area contributed by atoms with Crippen LogP contribution in [0.15, 0.2) is 0 Å². The maximum Gasteiger partial charge on any atom is 0.315 e. The van der Waals surface area contributed by atoms with Crippen molar-refractivity contribution in [2.45, 2.75) is 57.3 Å². The number of esters is 2. The van der Waals surface area contributed by atoms with Crippen LogP contribution in [0.2, 0.25) is 0 Å². The number of carbonyl (C=O) groups excluding carboxylic acids is 2. The van der Waals surface area contributed by atoms with Crippen LogP contribution >= 0.6 is 0 Å². The average Bonchev–Trinajstić information content (AvgIpc) is 2.35. The molecule has 104 valence electrons. The molecule has 0 atom stereocenters. The Kier molecular flexibility index (Phi) is 6.07. The Morgan fingerprint density at radius 3 is 2.06 bits per heavy atom. The fourth-order valence-electron chi connectivity index (χ4n) is 1.84. The van der Waals surface area contributed by atoms with Gasteiger partial charge in [0.15, 0.2) is 0 Å². The smallest absolute Gasteiger partial charge is 0.315 e. The maximum atomic E-state index is 11.5. The first-order valence-electron chi connectivity index (χ1n) is 6.48. The molecule has 6 nitrogen and oxygen atoms in total. The van der Waals surface area contributed by atoms with Crippen LogP contribution < -0.4 is 11.5 Å². The van der Waals surface area contributed by atoms with Crippen LogP contribution in [0.4, 0.5) is 0 Å². The van der Waals surface area contributed by atoms with Crippen LogP contribution in [-0.4, -0.2) is 24.4 Å². The van der Waals surface area contributed by atoms with E-state index in [4.69, 9.17) is 20.9 Å². The van der Waals surface area contributed by atoms with Gasteiger partial charge in [0.25, 0.3) is 0 Å². The number of unbranched alkanes of at least 4 members (excludes halogenated alkanes) is 2. The standard InChI is InChI=1S/C12H22N2O4/c13-9-5-1-4-8-12(14)17-10(15)6-2-3-7-11(16)18-12/h1-9,13-14H2. The molecule has 0 aromatic carbocycles. The van der Waals surface area contributed by atoms with Gasteiger partial charge in [-0.1, -0.05) is 6.42 Å². The Hall–Kier alpha value is -1.14. The predicted octanol–water partition coefficient (Wildman–Crippen LogP) is 0.778. The van der Waals surface area contributed by atoms with Gasteiger partial charge in [-0.15, -0.1) is 0 Å². The molecule has 0 radical (unpaired) electrons. The van der Waals surface area contributed by atoms with Gasteiger partial charge in [-0.2, -0.15) is 0 Å². The Labute approximate surface area is 107 Å². The molecule has 0 spiro atoms. The molecule has 0 aliphatic carbocycles. The Balaban J connectivity index is 2.54. The van der Waals surface area contributed by atoms with Gasteiger partial charge >= 0.3 is 17.8 Å². The first-order chi connectivity index (χ1) is 8.56. The lowest BCUT2D eigenvalue weighted by Crippen LogP contribution is -2.48. The van der Waals surface area contributed by atoms with Crippen molar-refractivity contribution in [3.63, 3.8) is 0 Å². The van der Waals surface area contributed by atoms with Gasteiger partial charge in [-0.3, -0.25) is 15.3 Å². The minimum atomic E-state index is -1.60. The van der Waals surface area contributed by atoms with E-state index < -0.39 is 17.8 Å². The van der Waals surface area contributed by atoms with Crippen molar-refractivity contribution in [3.8, 4) is 0 Å². The molecule has 1 aliphatic rings. The van der Waals surface area contributed by atoms with Crippen LogP contribution in [0.25, 0.3) is 0 Å². The summed E-state index contributed by atoms with van der Waals surface area (Å²) in [7, 11) is 0. The second-order valence-electron chi connectivity index (χ2n) is 4.57. The number of cyclic esters (lactones) is 2. The number of carbonyl (C=O) groups is 2. The highest BCUT2D eigenvalue weighted by Crippen LogP contribution is 2.20. The summed E-state index contributed by atoms with van der Waals surface area (Å²) in [6.07, 6.45) is 4.55. The van der Waals surface area contributed by atoms with E-state index in [0.717, 1.165) is 12.8 Å². The zero-order chi connectivity index (χ0) is 13.4. The third-order valence-corrected chi connectivity index (χ3v) is 2.81. The van der Waals surface area contributed by atoms with Crippen LogP contribution in [0, 0.1) is 0 Å². The molecule has 0 aromatic rings. The van der Waals surface area contributed by atoms with E-state index in [9.17, 15) is 9.59 Å². The Bertz CT molecular complexity index is 274. The lowest BCUT2D eigenvalue weighted by molar-refractivity contribution is -0.228. The first-order valence-corrected chi connectivity index (χ1v) is 6.48. The molecular weight excluding hydrogens is 236 g/mol. The van der Waals surface area contributed by atoms with E-state index in [1.165, 1.54) is 0 Å². The molecule has 0 saturated carbocycles. The van der Waals surface area contributed by atoms with Crippen molar-refractivity contribution in [1.29, 1.82) is 0 Å². The molecule has 0 unspecified atom stereocenters. The quantitative estimate of drug-likeness (QED) is 0.557. The molecule has 1 rings (SSSR count). The highest BCUT2D eigenvalue weighted by atomic mass is 16.7. The fraction of sp³-hybridized carbons (Fsp3) is 0.833. The highest BCUT2D eigenvalue weighted by molar-refractivity contribution is 5.72. The Morgan fingerprint density at radius 1 is 1.00 bits per heavy atom. The number of hydrogen-bond donors (Lipinski definition) is 2. The van der Waals surface area contributed by atoms with Crippen molar-refractivity contribution in [3.05, 3.63) is 0 Å². The summed E-state index contributed by atoms with van der Waals surface area (Å²) in [5.74, 6) is -2.43. The van der Waals surface area contributed by atoms with Crippen molar-refractivity contribution in [2.24, 2.45) is 11.5 Å². The van der Waals surface area contributed by atoms with Gasteiger partial charge in [0.05, 0.1) is 0 Å². The summed E-state index contributed by atoms with van der Waals surface area (Å²) in [5.41, 5.74) is 11.2. The van der Waals surface area contributed by atoms with E-state index in [-0.39, 0.29) is 12.8 Å². The summed E-state index contributed by atoms with van der Waals surface area (Å²) in [6.45, 7) is 0.608. The third kappa shape index (κ3) is 5.46. The van der Waals surface area contributed by atoms with Crippen molar-refractivity contribution in [1.82, 2.24) is 0 Å². The third-order valence-electron chi connectivity index (χ3n) is 2.81. The lowest BCUT2D eigenvalue weighted by Gasteiger charge is -2.28. The zero-order valence-corrected chi connectivity index (χ0v) is 10.7. The van der Waals surface area contributed by atoms with Gasteiger partial charge < -0.3 is 15.2 Å². The second kappa shape index (κ2) is 7.33. The molecule has 1 heterocycles. The van der Waals surface area contributed by atoms with Gasteiger partial charge in [-0.25, -0.2) is 0 Å². The molecule has 1 fully saturated rings. The summed E-state index contributed by atoms with van der Waals surface area (Å²) in [6, 6.07) is 0. The molecule has 6 heteroatoms. The van der Waals surface area contributed by atoms with E-state index in [1.807, 2.05) is 0 Å². The average molecular weight is 258 g/mol. The monoisotopic (exact) mass is 258 g/mol. The van der Waals surface area contributed by atoms with Crippen molar-refractivity contribution in [2.75, 3.05) is 6.54 Å². The normalized spacial score (nSPS) is 20.3. The van der Waals surface area contributed by atoms with E-state index in [1.54, 1.807) is 0 Å². The molecule has 1 saturated heterocycles.